The normalized spacial score (nSPS) is 20.5. The van der Waals surface area contributed by atoms with Gasteiger partial charge in [-0.05, 0) is 112 Å². The third kappa shape index (κ3) is 8.40. The third-order valence-corrected chi connectivity index (χ3v) is 12.8. The monoisotopic (exact) mass is 804 g/mol. The molecule has 1 aliphatic carbocycles. The van der Waals surface area contributed by atoms with E-state index in [0.29, 0.717) is 35.7 Å². The summed E-state index contributed by atoms with van der Waals surface area (Å²) in [5.74, 6) is 13.4. The number of benzene rings is 3. The van der Waals surface area contributed by atoms with Crippen LogP contribution in [0.2, 0.25) is 5.02 Å². The first-order valence-electron chi connectivity index (χ1n) is 20.5. The van der Waals surface area contributed by atoms with Gasteiger partial charge in [0, 0.05) is 71.8 Å². The van der Waals surface area contributed by atoms with Crippen molar-refractivity contribution in [3.8, 4) is 41.0 Å². The van der Waals surface area contributed by atoms with Crippen molar-refractivity contribution in [3.63, 3.8) is 0 Å². The van der Waals surface area contributed by atoms with Crippen LogP contribution in [0.15, 0.2) is 60.7 Å². The van der Waals surface area contributed by atoms with E-state index in [0.717, 1.165) is 96.4 Å². The molecular formula is C48H45ClN6O4. The highest BCUT2D eigenvalue weighted by Crippen LogP contribution is 2.33. The van der Waals surface area contributed by atoms with Gasteiger partial charge < -0.3 is 9.80 Å². The zero-order valence-corrected chi connectivity index (χ0v) is 34.1. The number of nitrogens with one attached hydrogen (secondary N) is 1. The zero-order chi connectivity index (χ0) is 41.2. The molecular weight excluding hydrogens is 760 g/mol. The molecule has 1 N–H and O–H groups in total. The highest BCUT2D eigenvalue weighted by Gasteiger charge is 2.40. The molecule has 0 bridgehead atoms. The summed E-state index contributed by atoms with van der Waals surface area (Å²) in [6.07, 6.45) is 5.63. The molecule has 8 rings (SSSR count). The lowest BCUT2D eigenvalue weighted by Crippen LogP contribution is -2.52. The van der Waals surface area contributed by atoms with Gasteiger partial charge in [-0.2, -0.15) is 10.4 Å². The molecule has 1 saturated carbocycles. The number of hydrogen-bond acceptors (Lipinski definition) is 6. The summed E-state index contributed by atoms with van der Waals surface area (Å²) in [5.41, 5.74) is 8.62. The predicted octanol–water partition coefficient (Wildman–Crippen LogP) is 6.95. The molecule has 3 fully saturated rings. The minimum Gasteiger partial charge on any atom is -0.342 e. The Balaban J connectivity index is 0.799. The largest absolute Gasteiger partial charge is 0.342 e. The maximum Gasteiger partial charge on any atom is 0.255 e. The van der Waals surface area contributed by atoms with Crippen LogP contribution < -0.4 is 5.32 Å². The lowest BCUT2D eigenvalue weighted by atomic mass is 9.81. The molecule has 59 heavy (non-hydrogen) atoms. The molecule has 4 aliphatic rings. The van der Waals surface area contributed by atoms with Crippen molar-refractivity contribution in [2.45, 2.75) is 84.3 Å². The van der Waals surface area contributed by atoms with Gasteiger partial charge in [0.15, 0.2) is 0 Å². The first kappa shape index (κ1) is 39.7. The number of hydrogen-bond donors (Lipinski definition) is 1. The molecule has 298 valence electrons. The Kier molecular flexibility index (Phi) is 11.4. The van der Waals surface area contributed by atoms with Gasteiger partial charge in [0.05, 0.1) is 22.8 Å². The van der Waals surface area contributed by atoms with Gasteiger partial charge in [0.2, 0.25) is 17.7 Å². The van der Waals surface area contributed by atoms with E-state index in [-0.39, 0.29) is 41.9 Å². The number of nitriles is 1. The van der Waals surface area contributed by atoms with Gasteiger partial charge in [-0.3, -0.25) is 29.2 Å². The molecule has 1 unspecified atom stereocenters. The number of carbonyl (C=O) groups excluding carboxylic acids is 4. The number of likely N-dealkylation sites (tertiary alicyclic amines) is 1. The number of nitrogens with zero attached hydrogens (tertiary/aromatic N) is 5. The van der Waals surface area contributed by atoms with Gasteiger partial charge in [-0.15, -0.1) is 0 Å². The Bertz CT molecular complexity index is 2510. The zero-order valence-electron chi connectivity index (χ0n) is 33.3. The molecule has 1 atom stereocenters. The molecule has 2 saturated heterocycles. The van der Waals surface area contributed by atoms with Gasteiger partial charge in [0.1, 0.15) is 12.1 Å². The van der Waals surface area contributed by atoms with Crippen molar-refractivity contribution < 1.29 is 19.2 Å². The Hall–Kier alpha value is -6.15. The maximum absolute atomic E-state index is 13.5. The Morgan fingerprint density at radius 2 is 1.61 bits per heavy atom. The average Bonchev–Trinajstić information content (AvgIpc) is 3.73. The molecule has 10 nitrogen and oxygen atoms in total. The van der Waals surface area contributed by atoms with Gasteiger partial charge in [-0.25, -0.2) is 0 Å². The van der Waals surface area contributed by atoms with E-state index in [1.807, 2.05) is 27.8 Å². The fourth-order valence-corrected chi connectivity index (χ4v) is 8.96. The number of aromatic nitrogens is 2. The van der Waals surface area contributed by atoms with Crippen molar-refractivity contribution in [3.05, 3.63) is 110 Å². The minimum absolute atomic E-state index is 0.0189. The Morgan fingerprint density at radius 3 is 2.32 bits per heavy atom. The Labute approximate surface area is 349 Å². The number of rotatable bonds is 5. The minimum atomic E-state index is -0.654. The third-order valence-electron chi connectivity index (χ3n) is 12.5. The molecule has 11 heteroatoms. The lowest BCUT2D eigenvalue weighted by molar-refractivity contribution is -0.138. The summed E-state index contributed by atoms with van der Waals surface area (Å²) in [4.78, 5) is 54.5. The second-order valence-corrected chi connectivity index (χ2v) is 16.5. The van der Waals surface area contributed by atoms with Crippen molar-refractivity contribution in [1.82, 2.24) is 24.9 Å². The summed E-state index contributed by atoms with van der Waals surface area (Å²) in [6.45, 7) is 6.49. The fourth-order valence-electron chi connectivity index (χ4n) is 8.74. The molecule has 3 aromatic carbocycles. The van der Waals surface area contributed by atoms with E-state index < -0.39 is 11.9 Å². The Morgan fingerprint density at radius 1 is 0.881 bits per heavy atom. The van der Waals surface area contributed by atoms with Crippen molar-refractivity contribution in [2.75, 3.05) is 13.1 Å². The quantitative estimate of drug-likeness (QED) is 0.172. The van der Waals surface area contributed by atoms with E-state index in [9.17, 15) is 24.4 Å². The molecule has 1 aromatic heterocycles. The van der Waals surface area contributed by atoms with Gasteiger partial charge >= 0.3 is 0 Å². The fraction of sp³-hybridized carbons (Fsp3) is 0.375. The molecule has 0 spiro atoms. The van der Waals surface area contributed by atoms with Crippen LogP contribution in [0.25, 0.3) is 11.3 Å². The van der Waals surface area contributed by atoms with Crippen molar-refractivity contribution >= 4 is 35.2 Å². The van der Waals surface area contributed by atoms with E-state index >= 15 is 0 Å². The highest BCUT2D eigenvalue weighted by atomic mass is 35.5. The first-order valence-corrected chi connectivity index (χ1v) is 20.9. The summed E-state index contributed by atoms with van der Waals surface area (Å²) in [7, 11) is 0. The number of fused-ring (bicyclic) bond motifs is 1. The summed E-state index contributed by atoms with van der Waals surface area (Å²) < 4.78 is 2.00. The van der Waals surface area contributed by atoms with Crippen LogP contribution in [0.3, 0.4) is 0 Å². The molecule has 4 heterocycles. The van der Waals surface area contributed by atoms with Crippen LogP contribution in [0.5, 0.6) is 0 Å². The van der Waals surface area contributed by atoms with Crippen LogP contribution in [-0.4, -0.2) is 62.3 Å². The number of amides is 4. The summed E-state index contributed by atoms with van der Waals surface area (Å²) >= 11 is 6.30. The van der Waals surface area contributed by atoms with Crippen molar-refractivity contribution in [1.29, 1.82) is 5.26 Å². The standard InChI is InChI=1S/C48H45ClN6O4/c1-30-31(2)55(52-45(30)38-18-19-39(27-50)42(49)26-38)28-35-10-8-32(9-11-35)6-7-34-22-24-53(25-23-34)47(58)37-16-13-33(14-17-37)12-15-36-4-3-5-40-41(36)29-54(48(40)59)43-20-21-44(56)51-46(43)57/h3-5,8-11,18-19,26,33-34,37,43H,13-14,16-17,20-25,28-29H2,1-2H3,(H,51,56,57). The van der Waals surface area contributed by atoms with Crippen LogP contribution in [0.1, 0.15) is 101 Å². The molecule has 4 amide bonds. The average molecular weight is 805 g/mol. The van der Waals surface area contributed by atoms with E-state index in [4.69, 9.17) is 16.7 Å². The smallest absolute Gasteiger partial charge is 0.255 e. The SMILES string of the molecule is Cc1c(-c2ccc(C#N)c(Cl)c2)nn(Cc2ccc(C#CC3CCN(C(=O)C4CCC(C#Cc5cccc6c5CN(C5CCC(=O)NC5=O)C6=O)CC4)CC3)cc2)c1C. The van der Waals surface area contributed by atoms with E-state index in [2.05, 4.69) is 73.2 Å². The van der Waals surface area contributed by atoms with Crippen LogP contribution in [0, 0.1) is 66.6 Å². The number of imide groups is 1. The maximum atomic E-state index is 13.5. The molecule has 4 aromatic rings. The topological polar surface area (TPSA) is 128 Å². The van der Waals surface area contributed by atoms with E-state index in [1.165, 1.54) is 0 Å². The first-order chi connectivity index (χ1) is 28.6. The van der Waals surface area contributed by atoms with Crippen LogP contribution in [-0.2, 0) is 27.5 Å². The van der Waals surface area contributed by atoms with Gasteiger partial charge in [0.25, 0.3) is 5.91 Å². The highest BCUT2D eigenvalue weighted by molar-refractivity contribution is 6.32. The lowest BCUT2D eigenvalue weighted by Gasteiger charge is -2.34. The summed E-state index contributed by atoms with van der Waals surface area (Å²) in [5, 5.41) is 16.9. The van der Waals surface area contributed by atoms with Crippen LogP contribution >= 0.6 is 11.6 Å². The number of carbonyl (C=O) groups is 4. The molecule has 0 radical (unpaired) electrons. The number of piperidine rings is 2. The second kappa shape index (κ2) is 17.0. The summed E-state index contributed by atoms with van der Waals surface area (Å²) in [6, 6.07) is 20.7. The van der Waals surface area contributed by atoms with Crippen molar-refractivity contribution in [2.24, 2.45) is 17.8 Å². The predicted molar refractivity (Wildman–Crippen MR) is 223 cm³/mol. The molecule has 3 aliphatic heterocycles. The number of halogens is 1. The second-order valence-electron chi connectivity index (χ2n) is 16.1. The van der Waals surface area contributed by atoms with Crippen LogP contribution in [0.4, 0.5) is 0 Å². The van der Waals surface area contributed by atoms with E-state index in [1.54, 1.807) is 23.1 Å². The van der Waals surface area contributed by atoms with Gasteiger partial charge in [-0.1, -0.05) is 59.5 Å².